The molecule has 2 heterocycles. The molecule has 1 aliphatic heterocycles. The second-order valence-electron chi connectivity index (χ2n) is 5.60. The first-order chi connectivity index (χ1) is 9.15. The Hall–Kier alpha value is -0.870. The molecule has 3 unspecified atom stereocenters. The number of oxazole rings is 1. The summed E-state index contributed by atoms with van der Waals surface area (Å²) in [6, 6.07) is 1.21. The van der Waals surface area contributed by atoms with Crippen molar-refractivity contribution in [2.45, 2.75) is 59.2 Å². The van der Waals surface area contributed by atoms with Crippen LogP contribution >= 0.6 is 0 Å². The normalized spacial score (nSPS) is 28.7. The summed E-state index contributed by atoms with van der Waals surface area (Å²) in [6.07, 6.45) is 3.98. The van der Waals surface area contributed by atoms with E-state index in [1.807, 2.05) is 6.20 Å². The Balaban J connectivity index is 1.94. The number of nitrogens with zero attached hydrogens (tertiary/aromatic N) is 2. The van der Waals surface area contributed by atoms with E-state index in [1.165, 1.54) is 6.42 Å². The van der Waals surface area contributed by atoms with E-state index in [0.29, 0.717) is 18.0 Å². The van der Waals surface area contributed by atoms with E-state index in [2.05, 4.69) is 42.9 Å². The van der Waals surface area contributed by atoms with Gasteiger partial charge in [0.25, 0.3) is 0 Å². The Labute approximate surface area is 116 Å². The maximum Gasteiger partial charge on any atom is 0.208 e. The van der Waals surface area contributed by atoms with Crippen molar-refractivity contribution in [3.8, 4) is 0 Å². The molecule has 1 aliphatic rings. The fourth-order valence-electron chi connectivity index (χ4n) is 2.97. The molecule has 3 atom stereocenters. The number of nitrogens with one attached hydrogen (secondary N) is 1. The molecule has 0 radical (unpaired) electrons. The van der Waals surface area contributed by atoms with Gasteiger partial charge < -0.3 is 9.73 Å². The minimum absolute atomic E-state index is 0.565. The molecule has 4 heteroatoms. The van der Waals surface area contributed by atoms with Gasteiger partial charge >= 0.3 is 0 Å². The zero-order chi connectivity index (χ0) is 13.8. The van der Waals surface area contributed by atoms with E-state index >= 15 is 0 Å². The Morgan fingerprint density at radius 1 is 1.42 bits per heavy atom. The maximum atomic E-state index is 5.73. The van der Waals surface area contributed by atoms with Gasteiger partial charge in [0, 0.05) is 25.0 Å². The number of hydrogen-bond acceptors (Lipinski definition) is 4. The topological polar surface area (TPSA) is 41.3 Å². The van der Waals surface area contributed by atoms with Crippen molar-refractivity contribution >= 4 is 0 Å². The SMILES string of the molecule is CCNC1CCN(Cc2ncc(CC)o2)C(C)C1C. The van der Waals surface area contributed by atoms with Gasteiger partial charge in [-0.15, -0.1) is 0 Å². The van der Waals surface area contributed by atoms with Crippen molar-refractivity contribution in [1.29, 1.82) is 0 Å². The van der Waals surface area contributed by atoms with Crippen LogP contribution in [-0.2, 0) is 13.0 Å². The van der Waals surface area contributed by atoms with Crippen LogP contribution in [0, 0.1) is 5.92 Å². The standard InChI is InChI=1S/C15H27N3O/c1-5-13-9-17-15(19-13)10-18-8-7-14(16-6-2)11(3)12(18)4/h9,11-12,14,16H,5-8,10H2,1-4H3. The molecule has 4 nitrogen and oxygen atoms in total. The summed E-state index contributed by atoms with van der Waals surface area (Å²) in [5.41, 5.74) is 0. The van der Waals surface area contributed by atoms with E-state index in [-0.39, 0.29) is 0 Å². The summed E-state index contributed by atoms with van der Waals surface area (Å²) in [5, 5.41) is 3.60. The van der Waals surface area contributed by atoms with Gasteiger partial charge in [0.1, 0.15) is 5.76 Å². The largest absolute Gasteiger partial charge is 0.444 e. The van der Waals surface area contributed by atoms with E-state index in [4.69, 9.17) is 4.42 Å². The molecule has 1 aromatic rings. The fourth-order valence-corrected chi connectivity index (χ4v) is 2.97. The lowest BCUT2D eigenvalue weighted by molar-refractivity contribution is 0.0711. The quantitative estimate of drug-likeness (QED) is 0.888. The zero-order valence-electron chi connectivity index (χ0n) is 12.6. The molecule has 108 valence electrons. The summed E-state index contributed by atoms with van der Waals surface area (Å²) in [7, 11) is 0. The van der Waals surface area contributed by atoms with Crippen LogP contribution in [0.25, 0.3) is 0 Å². The average Bonchev–Trinajstić information content (AvgIpc) is 2.86. The van der Waals surface area contributed by atoms with Gasteiger partial charge in [0.15, 0.2) is 0 Å². The van der Waals surface area contributed by atoms with Crippen molar-refractivity contribution in [1.82, 2.24) is 15.2 Å². The van der Waals surface area contributed by atoms with Crippen LogP contribution in [0.15, 0.2) is 10.6 Å². The smallest absolute Gasteiger partial charge is 0.208 e. The van der Waals surface area contributed by atoms with Gasteiger partial charge in [-0.3, -0.25) is 4.90 Å². The van der Waals surface area contributed by atoms with Crippen LogP contribution in [-0.4, -0.2) is 35.1 Å². The second-order valence-corrected chi connectivity index (χ2v) is 5.60. The predicted octanol–water partition coefficient (Wildman–Crippen LogP) is 2.45. The first-order valence-corrected chi connectivity index (χ1v) is 7.56. The Bertz CT molecular complexity index is 390. The second kappa shape index (κ2) is 6.53. The number of aromatic nitrogens is 1. The van der Waals surface area contributed by atoms with Gasteiger partial charge in [0.2, 0.25) is 5.89 Å². The predicted molar refractivity (Wildman–Crippen MR) is 77.0 cm³/mol. The summed E-state index contributed by atoms with van der Waals surface area (Å²) >= 11 is 0. The molecule has 0 aromatic carbocycles. The molecular weight excluding hydrogens is 238 g/mol. The van der Waals surface area contributed by atoms with Gasteiger partial charge in [-0.1, -0.05) is 20.8 Å². The molecule has 19 heavy (non-hydrogen) atoms. The third-order valence-electron chi connectivity index (χ3n) is 4.45. The molecule has 0 bridgehead atoms. The highest BCUT2D eigenvalue weighted by Crippen LogP contribution is 2.25. The van der Waals surface area contributed by atoms with Crippen molar-refractivity contribution in [2.75, 3.05) is 13.1 Å². The zero-order valence-corrected chi connectivity index (χ0v) is 12.6. The molecule has 0 saturated carbocycles. The molecule has 2 rings (SSSR count). The minimum atomic E-state index is 0.565. The molecular formula is C15H27N3O. The fraction of sp³-hybridized carbons (Fsp3) is 0.800. The van der Waals surface area contributed by atoms with E-state index in [1.54, 1.807) is 0 Å². The number of piperidine rings is 1. The Morgan fingerprint density at radius 3 is 2.84 bits per heavy atom. The lowest BCUT2D eigenvalue weighted by Crippen LogP contribution is -2.52. The summed E-state index contributed by atoms with van der Waals surface area (Å²) < 4.78 is 5.73. The number of rotatable bonds is 5. The monoisotopic (exact) mass is 265 g/mol. The number of aryl methyl sites for hydroxylation is 1. The van der Waals surface area contributed by atoms with Gasteiger partial charge in [-0.25, -0.2) is 4.98 Å². The maximum absolute atomic E-state index is 5.73. The van der Waals surface area contributed by atoms with Crippen LogP contribution in [0.2, 0.25) is 0 Å². The molecule has 0 amide bonds. The highest BCUT2D eigenvalue weighted by Gasteiger charge is 2.32. The van der Waals surface area contributed by atoms with Crippen LogP contribution in [0.5, 0.6) is 0 Å². The Morgan fingerprint density at radius 2 is 2.21 bits per heavy atom. The van der Waals surface area contributed by atoms with Crippen molar-refractivity contribution in [3.05, 3.63) is 17.8 Å². The third-order valence-corrected chi connectivity index (χ3v) is 4.45. The molecule has 1 saturated heterocycles. The van der Waals surface area contributed by atoms with Crippen LogP contribution < -0.4 is 5.32 Å². The van der Waals surface area contributed by atoms with E-state index < -0.39 is 0 Å². The van der Waals surface area contributed by atoms with E-state index in [9.17, 15) is 0 Å². The first-order valence-electron chi connectivity index (χ1n) is 7.56. The summed E-state index contributed by atoms with van der Waals surface area (Å²) in [5.74, 6) is 2.50. The number of likely N-dealkylation sites (tertiary alicyclic amines) is 1. The molecule has 1 aromatic heterocycles. The molecule has 1 fully saturated rings. The summed E-state index contributed by atoms with van der Waals surface area (Å²) in [4.78, 5) is 6.86. The highest BCUT2D eigenvalue weighted by molar-refractivity contribution is 4.95. The van der Waals surface area contributed by atoms with Crippen molar-refractivity contribution in [3.63, 3.8) is 0 Å². The first kappa shape index (κ1) is 14.5. The van der Waals surface area contributed by atoms with Crippen LogP contribution in [0.3, 0.4) is 0 Å². The summed E-state index contributed by atoms with van der Waals surface area (Å²) in [6.45, 7) is 12.0. The molecule has 0 aliphatic carbocycles. The third kappa shape index (κ3) is 3.37. The lowest BCUT2D eigenvalue weighted by Gasteiger charge is -2.42. The van der Waals surface area contributed by atoms with Crippen molar-refractivity contribution < 1.29 is 4.42 Å². The van der Waals surface area contributed by atoms with Crippen LogP contribution in [0.4, 0.5) is 0 Å². The van der Waals surface area contributed by atoms with Crippen LogP contribution in [0.1, 0.15) is 45.8 Å². The lowest BCUT2D eigenvalue weighted by atomic mass is 9.87. The molecule has 0 spiro atoms. The molecule has 1 N–H and O–H groups in total. The Kier molecular flexibility index (Phi) is 4.99. The highest BCUT2D eigenvalue weighted by atomic mass is 16.4. The average molecular weight is 265 g/mol. The van der Waals surface area contributed by atoms with Crippen molar-refractivity contribution in [2.24, 2.45) is 5.92 Å². The van der Waals surface area contributed by atoms with Gasteiger partial charge in [0.05, 0.1) is 12.7 Å². The minimum Gasteiger partial charge on any atom is -0.444 e. The number of hydrogen-bond donors (Lipinski definition) is 1. The van der Waals surface area contributed by atoms with E-state index in [0.717, 1.165) is 37.7 Å². The van der Waals surface area contributed by atoms with Gasteiger partial charge in [-0.2, -0.15) is 0 Å². The van der Waals surface area contributed by atoms with Gasteiger partial charge in [-0.05, 0) is 25.8 Å².